The number of carboxylic acid groups (broad SMARTS) is 1. The standard InChI is InChI=1S/C18H26N2O4/c21-12-4-11-20(13-14-5-2-1-3-6-14)18(24)19-16-9-7-15(8-10-16)17(22)23/h1-3,5-6,15-16,21H,4,7-13H2,(H,19,24)(H,22,23). The van der Waals surface area contributed by atoms with E-state index < -0.39 is 5.97 Å². The van der Waals surface area contributed by atoms with Crippen LogP contribution in [0.1, 0.15) is 37.7 Å². The van der Waals surface area contributed by atoms with Gasteiger partial charge in [-0.1, -0.05) is 30.3 Å². The first-order valence-corrected chi connectivity index (χ1v) is 8.53. The number of nitrogens with one attached hydrogen (secondary N) is 1. The predicted octanol–water partition coefficient (Wildman–Crippen LogP) is 2.22. The van der Waals surface area contributed by atoms with Crippen molar-refractivity contribution in [1.82, 2.24) is 10.2 Å². The molecule has 0 spiro atoms. The Kier molecular flexibility index (Phi) is 7.06. The Labute approximate surface area is 142 Å². The highest BCUT2D eigenvalue weighted by atomic mass is 16.4. The lowest BCUT2D eigenvalue weighted by Gasteiger charge is -2.30. The zero-order chi connectivity index (χ0) is 17.4. The van der Waals surface area contributed by atoms with E-state index in [0.717, 1.165) is 5.56 Å². The third kappa shape index (κ3) is 5.53. The Balaban J connectivity index is 1.89. The van der Waals surface area contributed by atoms with Gasteiger partial charge in [-0.05, 0) is 37.7 Å². The summed E-state index contributed by atoms with van der Waals surface area (Å²) in [5.74, 6) is -1.03. The van der Waals surface area contributed by atoms with Crippen LogP contribution in [0.5, 0.6) is 0 Å². The van der Waals surface area contributed by atoms with Crippen molar-refractivity contribution in [3.05, 3.63) is 35.9 Å². The lowest BCUT2D eigenvalue weighted by molar-refractivity contribution is -0.142. The van der Waals surface area contributed by atoms with Crippen LogP contribution in [0.2, 0.25) is 0 Å². The number of carboxylic acids is 1. The Hall–Kier alpha value is -2.08. The second-order valence-corrected chi connectivity index (χ2v) is 6.32. The molecule has 2 rings (SSSR count). The van der Waals surface area contributed by atoms with Gasteiger partial charge in [-0.2, -0.15) is 0 Å². The highest BCUT2D eigenvalue weighted by Gasteiger charge is 2.27. The number of aliphatic carboxylic acids is 1. The van der Waals surface area contributed by atoms with Crippen molar-refractivity contribution in [2.75, 3.05) is 13.2 Å². The molecule has 1 saturated carbocycles. The highest BCUT2D eigenvalue weighted by molar-refractivity contribution is 5.74. The largest absolute Gasteiger partial charge is 0.481 e. The van der Waals surface area contributed by atoms with Gasteiger partial charge in [-0.25, -0.2) is 4.79 Å². The van der Waals surface area contributed by atoms with E-state index in [2.05, 4.69) is 5.32 Å². The number of aliphatic hydroxyl groups excluding tert-OH is 1. The number of aliphatic hydroxyl groups is 1. The number of nitrogens with zero attached hydrogens (tertiary/aromatic N) is 1. The molecule has 24 heavy (non-hydrogen) atoms. The van der Waals surface area contributed by atoms with Crippen molar-refractivity contribution in [2.24, 2.45) is 5.92 Å². The second-order valence-electron chi connectivity index (χ2n) is 6.32. The molecule has 3 N–H and O–H groups in total. The van der Waals surface area contributed by atoms with Crippen molar-refractivity contribution in [3.63, 3.8) is 0 Å². The Morgan fingerprint density at radius 1 is 1.12 bits per heavy atom. The molecular weight excluding hydrogens is 308 g/mol. The fraction of sp³-hybridized carbons (Fsp3) is 0.556. The van der Waals surface area contributed by atoms with E-state index in [1.807, 2.05) is 30.3 Å². The number of carbonyl (C=O) groups is 2. The molecule has 132 valence electrons. The first-order valence-electron chi connectivity index (χ1n) is 8.53. The fourth-order valence-electron chi connectivity index (χ4n) is 3.07. The van der Waals surface area contributed by atoms with Crippen molar-refractivity contribution in [1.29, 1.82) is 0 Å². The Morgan fingerprint density at radius 2 is 1.79 bits per heavy atom. The van der Waals surface area contributed by atoms with E-state index in [1.54, 1.807) is 4.90 Å². The molecule has 0 unspecified atom stereocenters. The number of carbonyl (C=O) groups excluding carboxylic acids is 1. The minimum absolute atomic E-state index is 0.0282. The maximum Gasteiger partial charge on any atom is 0.317 e. The van der Waals surface area contributed by atoms with Crippen molar-refractivity contribution in [3.8, 4) is 0 Å². The molecule has 0 radical (unpaired) electrons. The van der Waals surface area contributed by atoms with E-state index in [0.29, 0.717) is 45.2 Å². The number of rotatable bonds is 7. The van der Waals surface area contributed by atoms with Gasteiger partial charge in [0.25, 0.3) is 0 Å². The first kappa shape index (κ1) is 18.3. The van der Waals surface area contributed by atoms with E-state index in [1.165, 1.54) is 0 Å². The van der Waals surface area contributed by atoms with Crippen LogP contribution >= 0.6 is 0 Å². The molecule has 0 aliphatic heterocycles. The predicted molar refractivity (Wildman–Crippen MR) is 90.5 cm³/mol. The second kappa shape index (κ2) is 9.27. The molecule has 1 aromatic carbocycles. The van der Waals surface area contributed by atoms with Crippen molar-refractivity contribution < 1.29 is 19.8 Å². The van der Waals surface area contributed by atoms with Crippen LogP contribution in [-0.2, 0) is 11.3 Å². The summed E-state index contributed by atoms with van der Waals surface area (Å²) in [7, 11) is 0. The summed E-state index contributed by atoms with van der Waals surface area (Å²) in [6.07, 6.45) is 3.14. The minimum atomic E-state index is -0.742. The zero-order valence-electron chi connectivity index (χ0n) is 13.9. The Bertz CT molecular complexity index is 527. The molecule has 2 amide bonds. The summed E-state index contributed by atoms with van der Waals surface area (Å²) in [5.41, 5.74) is 1.04. The summed E-state index contributed by atoms with van der Waals surface area (Å²) in [6, 6.07) is 9.62. The number of hydrogen-bond acceptors (Lipinski definition) is 3. The number of urea groups is 1. The summed E-state index contributed by atoms with van der Waals surface area (Å²) in [4.78, 5) is 25.3. The smallest absolute Gasteiger partial charge is 0.317 e. The molecule has 0 saturated heterocycles. The van der Waals surface area contributed by atoms with Crippen LogP contribution in [0.15, 0.2) is 30.3 Å². The van der Waals surface area contributed by atoms with Crippen LogP contribution in [0.4, 0.5) is 4.79 Å². The maximum atomic E-state index is 12.6. The Morgan fingerprint density at radius 3 is 2.38 bits per heavy atom. The van der Waals surface area contributed by atoms with Gasteiger partial charge in [-0.15, -0.1) is 0 Å². The van der Waals surface area contributed by atoms with Gasteiger partial charge in [0.1, 0.15) is 0 Å². The molecular formula is C18H26N2O4. The van der Waals surface area contributed by atoms with Crippen molar-refractivity contribution in [2.45, 2.75) is 44.7 Å². The molecule has 0 atom stereocenters. The number of hydrogen-bond donors (Lipinski definition) is 3. The average Bonchev–Trinajstić information content (AvgIpc) is 2.60. The van der Waals surface area contributed by atoms with Crippen LogP contribution in [0, 0.1) is 5.92 Å². The highest BCUT2D eigenvalue weighted by Crippen LogP contribution is 2.24. The van der Waals surface area contributed by atoms with Gasteiger partial charge in [0.15, 0.2) is 0 Å². The topological polar surface area (TPSA) is 89.9 Å². The SMILES string of the molecule is O=C(O)C1CCC(NC(=O)N(CCCO)Cc2ccccc2)CC1. The molecule has 0 heterocycles. The average molecular weight is 334 g/mol. The lowest BCUT2D eigenvalue weighted by atomic mass is 9.86. The van der Waals surface area contributed by atoms with Gasteiger partial charge >= 0.3 is 12.0 Å². The van der Waals surface area contributed by atoms with Crippen LogP contribution < -0.4 is 5.32 Å². The summed E-state index contributed by atoms with van der Waals surface area (Å²) in [5, 5.41) is 21.1. The van der Waals surface area contributed by atoms with Crippen LogP contribution in [0.3, 0.4) is 0 Å². The minimum Gasteiger partial charge on any atom is -0.481 e. The third-order valence-electron chi connectivity index (χ3n) is 4.49. The van der Waals surface area contributed by atoms with Crippen LogP contribution in [-0.4, -0.2) is 46.3 Å². The molecule has 6 heteroatoms. The first-order chi connectivity index (χ1) is 11.6. The van der Waals surface area contributed by atoms with Crippen LogP contribution in [0.25, 0.3) is 0 Å². The molecule has 1 aliphatic rings. The van der Waals surface area contributed by atoms with E-state index in [9.17, 15) is 9.59 Å². The van der Waals surface area contributed by atoms with Gasteiger partial charge in [-0.3, -0.25) is 4.79 Å². The quantitative estimate of drug-likeness (QED) is 0.713. The zero-order valence-corrected chi connectivity index (χ0v) is 13.9. The molecule has 1 aliphatic carbocycles. The maximum absolute atomic E-state index is 12.6. The lowest BCUT2D eigenvalue weighted by Crippen LogP contribution is -2.46. The fourth-order valence-corrected chi connectivity index (χ4v) is 3.07. The van der Waals surface area contributed by atoms with Gasteiger partial charge in [0.2, 0.25) is 0 Å². The summed E-state index contributed by atoms with van der Waals surface area (Å²) >= 11 is 0. The molecule has 6 nitrogen and oxygen atoms in total. The third-order valence-corrected chi connectivity index (χ3v) is 4.49. The van der Waals surface area contributed by atoms with E-state index >= 15 is 0 Å². The van der Waals surface area contributed by atoms with Crippen molar-refractivity contribution >= 4 is 12.0 Å². The van der Waals surface area contributed by atoms with Gasteiger partial charge in [0, 0.05) is 25.7 Å². The summed E-state index contributed by atoms with van der Waals surface area (Å²) in [6.45, 7) is 1.03. The number of benzene rings is 1. The van der Waals surface area contributed by atoms with E-state index in [4.69, 9.17) is 10.2 Å². The molecule has 0 aromatic heterocycles. The van der Waals surface area contributed by atoms with Gasteiger partial charge in [0.05, 0.1) is 5.92 Å². The molecule has 0 bridgehead atoms. The molecule has 1 aromatic rings. The molecule has 1 fully saturated rings. The monoisotopic (exact) mass is 334 g/mol. The number of amides is 2. The van der Waals surface area contributed by atoms with E-state index in [-0.39, 0.29) is 24.6 Å². The van der Waals surface area contributed by atoms with Gasteiger partial charge < -0.3 is 20.4 Å². The normalized spacial score (nSPS) is 20.4. The summed E-state index contributed by atoms with van der Waals surface area (Å²) < 4.78 is 0.